The second kappa shape index (κ2) is 8.67. The van der Waals surface area contributed by atoms with E-state index in [-0.39, 0.29) is 17.5 Å². The summed E-state index contributed by atoms with van der Waals surface area (Å²) in [5, 5.41) is 6.03. The molecule has 32 heavy (non-hydrogen) atoms. The number of rotatable bonds is 4. The van der Waals surface area contributed by atoms with Gasteiger partial charge in [0.25, 0.3) is 11.5 Å². The van der Waals surface area contributed by atoms with Gasteiger partial charge >= 0.3 is 0 Å². The highest BCUT2D eigenvalue weighted by Gasteiger charge is 2.25. The molecule has 5 rings (SSSR count). The molecule has 2 aromatic heterocycles. The van der Waals surface area contributed by atoms with Gasteiger partial charge in [-0.1, -0.05) is 6.92 Å². The van der Waals surface area contributed by atoms with Crippen LogP contribution in [-0.2, 0) is 4.74 Å². The number of pyridine rings is 1. The van der Waals surface area contributed by atoms with Gasteiger partial charge in [-0.15, -0.1) is 0 Å². The third-order valence-corrected chi connectivity index (χ3v) is 6.87. The van der Waals surface area contributed by atoms with E-state index in [1.165, 1.54) is 0 Å². The van der Waals surface area contributed by atoms with Crippen LogP contribution in [0.15, 0.2) is 23.1 Å². The molecule has 2 saturated heterocycles. The fourth-order valence-electron chi connectivity index (χ4n) is 5.09. The van der Waals surface area contributed by atoms with Gasteiger partial charge < -0.3 is 14.6 Å². The molecule has 0 aliphatic carbocycles. The van der Waals surface area contributed by atoms with E-state index in [0.29, 0.717) is 24.2 Å². The molecule has 170 valence electrons. The van der Waals surface area contributed by atoms with Crippen LogP contribution in [0.5, 0.6) is 0 Å². The van der Waals surface area contributed by atoms with Crippen molar-refractivity contribution in [3.8, 4) is 0 Å². The Bertz CT molecular complexity index is 1200. The maximum atomic E-state index is 13.5. The predicted molar refractivity (Wildman–Crippen MR) is 124 cm³/mol. The number of fused-ring (bicyclic) bond motifs is 3. The molecule has 0 radical (unpaired) electrons. The molecular formula is C24H31N5O3. The third kappa shape index (κ3) is 3.71. The molecule has 8 nitrogen and oxygen atoms in total. The summed E-state index contributed by atoms with van der Waals surface area (Å²) < 4.78 is 7.49. The first kappa shape index (κ1) is 21.2. The number of amides is 1. The molecule has 3 aromatic rings. The Morgan fingerprint density at radius 2 is 1.91 bits per heavy atom. The summed E-state index contributed by atoms with van der Waals surface area (Å²) in [5.41, 5.74) is 3.01. The number of carbonyl (C=O) groups is 1. The summed E-state index contributed by atoms with van der Waals surface area (Å²) in [6.45, 7) is 9.93. The molecule has 1 aromatic carbocycles. The lowest BCUT2D eigenvalue weighted by Crippen LogP contribution is -2.48. The number of benzene rings is 1. The summed E-state index contributed by atoms with van der Waals surface area (Å²) in [6.07, 6.45) is 4.51. The second-order valence-corrected chi connectivity index (χ2v) is 9.00. The highest BCUT2D eigenvalue weighted by atomic mass is 16.5. The van der Waals surface area contributed by atoms with Gasteiger partial charge in [-0.05, 0) is 50.4 Å². The molecule has 0 bridgehead atoms. The fourth-order valence-corrected chi connectivity index (χ4v) is 5.09. The Morgan fingerprint density at radius 1 is 1.16 bits per heavy atom. The zero-order valence-electron chi connectivity index (χ0n) is 18.9. The summed E-state index contributed by atoms with van der Waals surface area (Å²) in [7, 11) is 0. The van der Waals surface area contributed by atoms with Crippen molar-refractivity contribution in [2.75, 3.05) is 45.9 Å². The Balaban J connectivity index is 1.56. The van der Waals surface area contributed by atoms with Gasteiger partial charge in [-0.25, -0.2) is 0 Å². The van der Waals surface area contributed by atoms with Crippen molar-refractivity contribution in [3.63, 3.8) is 0 Å². The number of aryl methyl sites for hydroxylation is 1. The van der Waals surface area contributed by atoms with E-state index in [0.717, 1.165) is 74.0 Å². The summed E-state index contributed by atoms with van der Waals surface area (Å²) >= 11 is 0. The van der Waals surface area contributed by atoms with Gasteiger partial charge in [0.05, 0.1) is 28.7 Å². The maximum absolute atomic E-state index is 13.5. The average molecular weight is 438 g/mol. The molecule has 2 fully saturated rings. The molecule has 8 heteroatoms. The van der Waals surface area contributed by atoms with Crippen molar-refractivity contribution in [1.82, 2.24) is 24.6 Å². The van der Waals surface area contributed by atoms with Gasteiger partial charge in [-0.3, -0.25) is 19.2 Å². The van der Waals surface area contributed by atoms with Crippen molar-refractivity contribution in [1.29, 1.82) is 0 Å². The van der Waals surface area contributed by atoms with E-state index in [9.17, 15) is 9.59 Å². The van der Waals surface area contributed by atoms with Crippen LogP contribution in [-0.4, -0.2) is 76.4 Å². The zero-order valence-corrected chi connectivity index (χ0v) is 18.9. The molecule has 1 N–H and O–H groups in total. The Morgan fingerprint density at radius 3 is 2.62 bits per heavy atom. The monoisotopic (exact) mass is 437 g/mol. The third-order valence-electron chi connectivity index (χ3n) is 6.87. The van der Waals surface area contributed by atoms with Gasteiger partial charge in [0.1, 0.15) is 0 Å². The molecule has 0 unspecified atom stereocenters. The number of H-pyrrole nitrogens is 1. The Labute approximate surface area is 187 Å². The van der Waals surface area contributed by atoms with Crippen LogP contribution in [0.1, 0.15) is 48.1 Å². The smallest absolute Gasteiger partial charge is 0.259 e. The SMILES string of the molecule is CCCN1CCN(C(=O)c2cc3c(cc2C)[nH]c(=O)c2cnn(C4CCOCC4)c23)CC1. The number of ether oxygens (including phenoxy) is 1. The summed E-state index contributed by atoms with van der Waals surface area (Å²) in [4.78, 5) is 33.6. The van der Waals surface area contributed by atoms with Gasteiger partial charge in [-0.2, -0.15) is 5.10 Å². The molecule has 2 aliphatic rings. The van der Waals surface area contributed by atoms with E-state index in [1.54, 1.807) is 6.20 Å². The minimum Gasteiger partial charge on any atom is -0.381 e. The van der Waals surface area contributed by atoms with Gasteiger partial charge in [0, 0.05) is 50.3 Å². The van der Waals surface area contributed by atoms with Gasteiger partial charge in [0.15, 0.2) is 0 Å². The minimum absolute atomic E-state index is 0.0667. The van der Waals surface area contributed by atoms with Crippen LogP contribution in [0.3, 0.4) is 0 Å². The molecule has 2 aliphatic heterocycles. The number of hydrogen-bond acceptors (Lipinski definition) is 5. The highest BCUT2D eigenvalue weighted by Crippen LogP contribution is 2.30. The van der Waals surface area contributed by atoms with E-state index >= 15 is 0 Å². The first-order valence-corrected chi connectivity index (χ1v) is 11.7. The molecule has 0 saturated carbocycles. The first-order chi connectivity index (χ1) is 15.6. The van der Waals surface area contributed by atoms with Crippen LogP contribution in [0, 0.1) is 6.92 Å². The number of carbonyl (C=O) groups excluding carboxylic acids is 1. The molecule has 0 atom stereocenters. The van der Waals surface area contributed by atoms with Crippen LogP contribution >= 0.6 is 0 Å². The van der Waals surface area contributed by atoms with Crippen LogP contribution in [0.25, 0.3) is 21.8 Å². The number of hydrogen-bond donors (Lipinski definition) is 1. The van der Waals surface area contributed by atoms with E-state index in [2.05, 4.69) is 21.9 Å². The lowest BCUT2D eigenvalue weighted by atomic mass is 10.0. The van der Waals surface area contributed by atoms with Gasteiger partial charge in [0.2, 0.25) is 0 Å². The number of aromatic amines is 1. The second-order valence-electron chi connectivity index (χ2n) is 9.00. The average Bonchev–Trinajstić information content (AvgIpc) is 3.26. The zero-order chi connectivity index (χ0) is 22.2. The van der Waals surface area contributed by atoms with Crippen LogP contribution in [0.2, 0.25) is 0 Å². The lowest BCUT2D eigenvalue weighted by Gasteiger charge is -2.34. The van der Waals surface area contributed by atoms with Crippen LogP contribution in [0.4, 0.5) is 0 Å². The van der Waals surface area contributed by atoms with Crippen LogP contribution < -0.4 is 5.56 Å². The number of piperazine rings is 1. The van der Waals surface area contributed by atoms with E-state index in [4.69, 9.17) is 4.74 Å². The van der Waals surface area contributed by atoms with Crippen molar-refractivity contribution in [2.24, 2.45) is 0 Å². The van der Waals surface area contributed by atoms with Crippen molar-refractivity contribution in [2.45, 2.75) is 39.2 Å². The first-order valence-electron chi connectivity index (χ1n) is 11.7. The Hall–Kier alpha value is -2.71. The molecule has 1 amide bonds. The minimum atomic E-state index is -0.142. The quantitative estimate of drug-likeness (QED) is 0.679. The van der Waals surface area contributed by atoms with Crippen molar-refractivity contribution < 1.29 is 9.53 Å². The number of aromatic nitrogens is 3. The largest absolute Gasteiger partial charge is 0.381 e. The molecule has 0 spiro atoms. The maximum Gasteiger partial charge on any atom is 0.259 e. The number of nitrogens with one attached hydrogen (secondary N) is 1. The standard InChI is InChI=1S/C24H31N5O3/c1-3-6-27-7-9-28(10-8-27)24(31)18-14-19-21(13-16(18)2)26-23(30)20-15-25-29(22(19)20)17-4-11-32-12-5-17/h13-15,17H,3-12H2,1-2H3,(H,26,30). The lowest BCUT2D eigenvalue weighted by molar-refractivity contribution is 0.0637. The van der Waals surface area contributed by atoms with Crippen molar-refractivity contribution >= 4 is 27.7 Å². The fraction of sp³-hybridized carbons (Fsp3) is 0.542. The molecular weight excluding hydrogens is 406 g/mol. The molecule has 4 heterocycles. The number of nitrogens with zero attached hydrogens (tertiary/aromatic N) is 4. The summed E-state index contributed by atoms with van der Waals surface area (Å²) in [6, 6.07) is 4.08. The predicted octanol–water partition coefficient (Wildman–Crippen LogP) is 2.71. The Kier molecular flexibility index (Phi) is 5.73. The van der Waals surface area contributed by atoms with E-state index in [1.807, 2.05) is 28.6 Å². The highest BCUT2D eigenvalue weighted by molar-refractivity contribution is 6.07. The van der Waals surface area contributed by atoms with Crippen molar-refractivity contribution in [3.05, 3.63) is 39.8 Å². The topological polar surface area (TPSA) is 83.5 Å². The summed E-state index contributed by atoms with van der Waals surface area (Å²) in [5.74, 6) is 0.0667. The normalized spacial score (nSPS) is 18.6. The van der Waals surface area contributed by atoms with E-state index < -0.39 is 0 Å².